The summed E-state index contributed by atoms with van der Waals surface area (Å²) in [4.78, 5) is 12.4. The van der Waals surface area contributed by atoms with Crippen LogP contribution in [0.5, 0.6) is 0 Å². The van der Waals surface area contributed by atoms with Gasteiger partial charge >= 0.3 is 0 Å². The van der Waals surface area contributed by atoms with Crippen LogP contribution in [0.15, 0.2) is 53.5 Å². The van der Waals surface area contributed by atoms with Gasteiger partial charge in [0, 0.05) is 17.8 Å². The van der Waals surface area contributed by atoms with Crippen LogP contribution in [0.3, 0.4) is 0 Å². The Morgan fingerprint density at radius 1 is 1.12 bits per heavy atom. The Morgan fingerprint density at radius 3 is 2.46 bits per heavy atom. The number of aryl methyl sites for hydroxylation is 1. The fourth-order valence-corrected chi connectivity index (χ4v) is 3.89. The third-order valence-corrected chi connectivity index (χ3v) is 5.58. The molecule has 2 atom stereocenters. The van der Waals surface area contributed by atoms with Crippen LogP contribution in [0.1, 0.15) is 55.7 Å². The fourth-order valence-electron chi connectivity index (χ4n) is 3.89. The number of nitrogens with zero attached hydrogens (tertiary/aromatic N) is 1. The number of pyridine rings is 1. The van der Waals surface area contributed by atoms with E-state index in [1.165, 1.54) is 5.56 Å². The summed E-state index contributed by atoms with van der Waals surface area (Å²) in [5.74, 6) is 0.639. The van der Waals surface area contributed by atoms with Gasteiger partial charge in [0.1, 0.15) is 0 Å². The van der Waals surface area contributed by atoms with Gasteiger partial charge in [0.05, 0.1) is 18.8 Å². The van der Waals surface area contributed by atoms with Crippen LogP contribution in [0.25, 0.3) is 0 Å². The Balaban J connectivity index is 1.58. The summed E-state index contributed by atoms with van der Waals surface area (Å²) in [6.07, 6.45) is 6.52. The van der Waals surface area contributed by atoms with E-state index in [4.69, 9.17) is 10.5 Å². The average molecular weight is 354 g/mol. The summed E-state index contributed by atoms with van der Waals surface area (Å²) in [6, 6.07) is 14.2. The predicted octanol–water partition coefficient (Wildman–Crippen LogP) is 3.79. The zero-order valence-corrected chi connectivity index (χ0v) is 15.8. The molecule has 1 saturated carbocycles. The molecule has 0 bridgehead atoms. The smallest absolute Gasteiger partial charge is 0.253 e. The van der Waals surface area contributed by atoms with Gasteiger partial charge in [-0.15, -0.1) is 0 Å². The SMILES string of the molecule is Cc1cccn([C@@H](COC2CCC(c3ccccc3)CC2)[C@H](C)N)c1=O. The normalized spacial score (nSPS) is 22.7. The van der Waals surface area contributed by atoms with Crippen molar-refractivity contribution in [3.63, 3.8) is 0 Å². The second-order valence-electron chi connectivity index (χ2n) is 7.55. The van der Waals surface area contributed by atoms with Crippen LogP contribution < -0.4 is 11.3 Å². The van der Waals surface area contributed by atoms with Crippen molar-refractivity contribution in [2.75, 3.05) is 6.61 Å². The predicted molar refractivity (Wildman–Crippen MR) is 106 cm³/mol. The summed E-state index contributed by atoms with van der Waals surface area (Å²) in [6.45, 7) is 4.26. The summed E-state index contributed by atoms with van der Waals surface area (Å²) in [5.41, 5.74) is 8.35. The van der Waals surface area contributed by atoms with Crippen LogP contribution >= 0.6 is 0 Å². The Hall–Kier alpha value is -1.91. The molecule has 1 aliphatic rings. The largest absolute Gasteiger partial charge is 0.376 e. The fraction of sp³-hybridized carbons (Fsp3) is 0.500. The number of nitrogens with two attached hydrogens (primary N) is 1. The number of rotatable bonds is 6. The van der Waals surface area contributed by atoms with Gasteiger partial charge in [0.15, 0.2) is 0 Å². The zero-order valence-electron chi connectivity index (χ0n) is 15.8. The molecule has 1 heterocycles. The highest BCUT2D eigenvalue weighted by Crippen LogP contribution is 2.34. The van der Waals surface area contributed by atoms with Crippen molar-refractivity contribution in [3.05, 3.63) is 70.1 Å². The topological polar surface area (TPSA) is 57.2 Å². The van der Waals surface area contributed by atoms with E-state index in [0.717, 1.165) is 31.2 Å². The minimum Gasteiger partial charge on any atom is -0.376 e. The molecular formula is C22H30N2O2. The van der Waals surface area contributed by atoms with Crippen LogP contribution in [-0.2, 0) is 4.74 Å². The molecule has 0 spiro atoms. The minimum absolute atomic E-state index is 0.0196. The maximum atomic E-state index is 12.4. The average Bonchev–Trinajstić information content (AvgIpc) is 2.66. The summed E-state index contributed by atoms with van der Waals surface area (Å²) in [7, 11) is 0. The van der Waals surface area contributed by atoms with Gasteiger partial charge < -0.3 is 15.0 Å². The molecule has 0 unspecified atom stereocenters. The number of benzene rings is 1. The molecule has 4 nitrogen and oxygen atoms in total. The summed E-state index contributed by atoms with van der Waals surface area (Å²) >= 11 is 0. The summed E-state index contributed by atoms with van der Waals surface area (Å²) in [5, 5.41) is 0. The number of aromatic nitrogens is 1. The van der Waals surface area contributed by atoms with E-state index in [1.54, 1.807) is 4.57 Å². The van der Waals surface area contributed by atoms with Gasteiger partial charge in [0.25, 0.3) is 5.56 Å². The highest BCUT2D eigenvalue weighted by molar-refractivity contribution is 5.20. The Labute approximate surface area is 156 Å². The van der Waals surface area contributed by atoms with E-state index >= 15 is 0 Å². The molecule has 2 aromatic rings. The Kier molecular flexibility index (Phi) is 6.28. The van der Waals surface area contributed by atoms with Crippen LogP contribution in [0.2, 0.25) is 0 Å². The molecular weight excluding hydrogens is 324 g/mol. The maximum Gasteiger partial charge on any atom is 0.253 e. The second kappa shape index (κ2) is 8.65. The van der Waals surface area contributed by atoms with Gasteiger partial charge in [-0.3, -0.25) is 4.79 Å². The Morgan fingerprint density at radius 2 is 1.81 bits per heavy atom. The highest BCUT2D eigenvalue weighted by atomic mass is 16.5. The quantitative estimate of drug-likeness (QED) is 0.859. The monoisotopic (exact) mass is 354 g/mol. The van der Waals surface area contributed by atoms with Crippen molar-refractivity contribution in [1.29, 1.82) is 0 Å². The van der Waals surface area contributed by atoms with Crippen molar-refractivity contribution in [2.45, 2.75) is 63.6 Å². The van der Waals surface area contributed by atoms with Gasteiger partial charge in [0.2, 0.25) is 0 Å². The first-order valence-corrected chi connectivity index (χ1v) is 9.66. The first-order valence-electron chi connectivity index (χ1n) is 9.66. The van der Waals surface area contributed by atoms with Gasteiger partial charge in [-0.2, -0.15) is 0 Å². The van der Waals surface area contributed by atoms with E-state index in [9.17, 15) is 4.79 Å². The lowest BCUT2D eigenvalue weighted by Gasteiger charge is -2.31. The van der Waals surface area contributed by atoms with Crippen molar-refractivity contribution < 1.29 is 4.74 Å². The molecule has 1 aromatic carbocycles. The molecule has 0 radical (unpaired) electrons. The third-order valence-electron chi connectivity index (χ3n) is 5.58. The molecule has 0 aliphatic heterocycles. The number of hydrogen-bond acceptors (Lipinski definition) is 3. The molecule has 140 valence electrons. The zero-order chi connectivity index (χ0) is 18.5. The molecule has 0 amide bonds. The number of hydrogen-bond donors (Lipinski definition) is 1. The highest BCUT2D eigenvalue weighted by Gasteiger charge is 2.25. The molecule has 26 heavy (non-hydrogen) atoms. The molecule has 1 aliphatic carbocycles. The first kappa shape index (κ1) is 18.9. The van der Waals surface area contributed by atoms with Gasteiger partial charge in [-0.25, -0.2) is 0 Å². The van der Waals surface area contributed by atoms with Crippen molar-refractivity contribution >= 4 is 0 Å². The third kappa shape index (κ3) is 4.43. The van der Waals surface area contributed by atoms with E-state index < -0.39 is 0 Å². The summed E-state index contributed by atoms with van der Waals surface area (Å²) < 4.78 is 7.93. The van der Waals surface area contributed by atoms with E-state index in [0.29, 0.717) is 12.5 Å². The van der Waals surface area contributed by atoms with Gasteiger partial charge in [-0.1, -0.05) is 36.4 Å². The lowest BCUT2D eigenvalue weighted by atomic mass is 9.83. The molecule has 3 rings (SSSR count). The lowest BCUT2D eigenvalue weighted by Crippen LogP contribution is -2.39. The number of ether oxygens (including phenoxy) is 1. The van der Waals surface area contributed by atoms with Gasteiger partial charge in [-0.05, 0) is 57.1 Å². The molecule has 2 N–H and O–H groups in total. The standard InChI is InChI=1S/C22H30N2O2/c1-16-7-6-14-24(22(16)25)21(17(2)23)15-26-20-12-10-19(11-13-20)18-8-4-3-5-9-18/h3-9,14,17,19-21H,10-13,15,23H2,1-2H3/t17-,19?,20?,21-/m0/s1. The molecule has 0 saturated heterocycles. The molecule has 1 fully saturated rings. The minimum atomic E-state index is -0.143. The van der Waals surface area contributed by atoms with Crippen LogP contribution in [-0.4, -0.2) is 23.3 Å². The second-order valence-corrected chi connectivity index (χ2v) is 7.55. The van der Waals surface area contributed by atoms with Crippen LogP contribution in [0, 0.1) is 6.92 Å². The lowest BCUT2D eigenvalue weighted by molar-refractivity contribution is 0.00325. The van der Waals surface area contributed by atoms with Crippen molar-refractivity contribution in [3.8, 4) is 0 Å². The van der Waals surface area contributed by atoms with Crippen molar-refractivity contribution in [2.24, 2.45) is 5.73 Å². The van der Waals surface area contributed by atoms with Crippen LogP contribution in [0.4, 0.5) is 0 Å². The molecule has 4 heteroatoms. The van der Waals surface area contributed by atoms with E-state index in [2.05, 4.69) is 30.3 Å². The van der Waals surface area contributed by atoms with E-state index in [-0.39, 0.29) is 23.7 Å². The van der Waals surface area contributed by atoms with Crippen molar-refractivity contribution in [1.82, 2.24) is 4.57 Å². The first-order chi connectivity index (χ1) is 12.6. The Bertz CT molecular complexity index is 746. The van der Waals surface area contributed by atoms with E-state index in [1.807, 2.05) is 32.2 Å². The molecule has 1 aromatic heterocycles. The maximum absolute atomic E-state index is 12.4.